The number of carboxylic acids is 1. The molecule has 4 N–H and O–H groups in total. The van der Waals surface area contributed by atoms with Gasteiger partial charge in [0.05, 0.1) is 19.1 Å². The van der Waals surface area contributed by atoms with Crippen molar-refractivity contribution in [2.45, 2.75) is 18.9 Å². The van der Waals surface area contributed by atoms with Crippen molar-refractivity contribution in [2.75, 3.05) is 13.2 Å². The second-order valence-corrected chi connectivity index (χ2v) is 4.11. The van der Waals surface area contributed by atoms with Gasteiger partial charge in [-0.3, -0.25) is 4.79 Å². The highest BCUT2D eigenvalue weighted by molar-refractivity contribution is 5.75. The number of hydrogen-bond donors (Lipinski definition) is 4. The quantitative estimate of drug-likeness (QED) is 0.573. The number of benzene rings is 1. The average Bonchev–Trinajstić information content (AvgIpc) is 2.38. The molecule has 0 aliphatic heterocycles. The fourth-order valence-electron chi connectivity index (χ4n) is 1.58. The van der Waals surface area contributed by atoms with E-state index in [0.29, 0.717) is 6.42 Å². The van der Waals surface area contributed by atoms with Crippen LogP contribution in [0.1, 0.15) is 12.0 Å². The van der Waals surface area contributed by atoms with E-state index in [9.17, 15) is 14.7 Å². The minimum absolute atomic E-state index is 0.0602. The van der Waals surface area contributed by atoms with E-state index in [1.165, 1.54) is 0 Å². The third-order valence-corrected chi connectivity index (χ3v) is 2.50. The molecule has 104 valence electrons. The van der Waals surface area contributed by atoms with Crippen LogP contribution in [0.3, 0.4) is 0 Å². The van der Waals surface area contributed by atoms with Crippen LogP contribution in [0.4, 0.5) is 4.79 Å². The van der Waals surface area contributed by atoms with E-state index in [2.05, 4.69) is 10.6 Å². The Morgan fingerprint density at radius 1 is 1.21 bits per heavy atom. The van der Waals surface area contributed by atoms with E-state index in [0.717, 1.165) is 5.56 Å². The van der Waals surface area contributed by atoms with Crippen LogP contribution < -0.4 is 10.6 Å². The van der Waals surface area contributed by atoms with Crippen LogP contribution in [0, 0.1) is 0 Å². The summed E-state index contributed by atoms with van der Waals surface area (Å²) in [5.74, 6) is -0.969. The van der Waals surface area contributed by atoms with Crippen molar-refractivity contribution in [1.29, 1.82) is 0 Å². The first-order chi connectivity index (χ1) is 9.11. The predicted octanol–water partition coefficient (Wildman–Crippen LogP) is 0.364. The third kappa shape index (κ3) is 6.42. The summed E-state index contributed by atoms with van der Waals surface area (Å²) in [5.41, 5.74) is 1.01. The summed E-state index contributed by atoms with van der Waals surface area (Å²) < 4.78 is 0. The van der Waals surface area contributed by atoms with Crippen molar-refractivity contribution >= 4 is 12.0 Å². The number of carbonyl (C=O) groups excluding carboxylic acids is 1. The lowest BCUT2D eigenvalue weighted by Crippen LogP contribution is -2.45. The highest BCUT2D eigenvalue weighted by Crippen LogP contribution is 2.02. The summed E-state index contributed by atoms with van der Waals surface area (Å²) in [6.45, 7) is -0.119. The Morgan fingerprint density at radius 3 is 2.47 bits per heavy atom. The highest BCUT2D eigenvalue weighted by Gasteiger charge is 2.11. The largest absolute Gasteiger partial charge is 0.481 e. The molecule has 0 bridgehead atoms. The highest BCUT2D eigenvalue weighted by atomic mass is 16.4. The smallest absolute Gasteiger partial charge is 0.315 e. The normalized spacial score (nSPS) is 11.6. The van der Waals surface area contributed by atoms with Gasteiger partial charge >= 0.3 is 12.0 Å². The molecule has 0 aliphatic rings. The first kappa shape index (κ1) is 15.0. The number of hydrogen-bond acceptors (Lipinski definition) is 3. The van der Waals surface area contributed by atoms with Gasteiger partial charge in [0.15, 0.2) is 0 Å². The van der Waals surface area contributed by atoms with E-state index in [1.807, 2.05) is 30.3 Å². The maximum atomic E-state index is 11.5. The number of amides is 2. The zero-order valence-electron chi connectivity index (χ0n) is 10.5. The molecule has 1 aromatic rings. The van der Waals surface area contributed by atoms with Crippen LogP contribution in [0.25, 0.3) is 0 Å². The maximum Gasteiger partial charge on any atom is 0.315 e. The molecule has 0 spiro atoms. The SMILES string of the molecule is O=C(O)CCNC(=O)NC(CO)Cc1ccccc1. The van der Waals surface area contributed by atoms with E-state index in [4.69, 9.17) is 5.11 Å². The fraction of sp³-hybridized carbons (Fsp3) is 0.385. The fourth-order valence-corrected chi connectivity index (χ4v) is 1.58. The summed E-state index contributed by atoms with van der Waals surface area (Å²) in [6, 6.07) is 8.61. The van der Waals surface area contributed by atoms with Gasteiger partial charge in [-0.05, 0) is 12.0 Å². The molecule has 6 nitrogen and oxygen atoms in total. The summed E-state index contributed by atoms with van der Waals surface area (Å²) in [5, 5.41) is 22.7. The molecule has 0 aliphatic carbocycles. The van der Waals surface area contributed by atoms with Crippen LogP contribution in [-0.4, -0.2) is 41.4 Å². The summed E-state index contributed by atoms with van der Waals surface area (Å²) in [4.78, 5) is 21.7. The molecule has 1 rings (SSSR count). The van der Waals surface area contributed by atoms with Crippen LogP contribution in [0.15, 0.2) is 30.3 Å². The summed E-state index contributed by atoms with van der Waals surface area (Å²) in [6.07, 6.45) is 0.388. The second-order valence-electron chi connectivity index (χ2n) is 4.11. The Hall–Kier alpha value is -2.08. The molecular formula is C13H18N2O4. The molecular weight excluding hydrogens is 248 g/mol. The van der Waals surface area contributed by atoms with Gasteiger partial charge in [-0.15, -0.1) is 0 Å². The third-order valence-electron chi connectivity index (χ3n) is 2.50. The van der Waals surface area contributed by atoms with E-state index in [1.54, 1.807) is 0 Å². The molecule has 0 aromatic heterocycles. The zero-order valence-corrected chi connectivity index (χ0v) is 10.5. The predicted molar refractivity (Wildman–Crippen MR) is 69.8 cm³/mol. The molecule has 0 radical (unpaired) electrons. The Balaban J connectivity index is 2.35. The molecule has 0 fully saturated rings. The number of aliphatic carboxylic acids is 1. The average molecular weight is 266 g/mol. The lowest BCUT2D eigenvalue weighted by atomic mass is 10.1. The maximum absolute atomic E-state index is 11.5. The number of aliphatic hydroxyl groups excluding tert-OH is 1. The molecule has 19 heavy (non-hydrogen) atoms. The number of rotatable bonds is 7. The Morgan fingerprint density at radius 2 is 1.89 bits per heavy atom. The van der Waals surface area contributed by atoms with Crippen molar-refractivity contribution in [2.24, 2.45) is 0 Å². The van der Waals surface area contributed by atoms with Gasteiger partial charge in [0.2, 0.25) is 0 Å². The molecule has 0 saturated heterocycles. The van der Waals surface area contributed by atoms with Crippen molar-refractivity contribution in [3.05, 3.63) is 35.9 Å². The summed E-state index contributed by atoms with van der Waals surface area (Å²) >= 11 is 0. The summed E-state index contributed by atoms with van der Waals surface area (Å²) in [7, 11) is 0. The second kappa shape index (κ2) is 8.10. The molecule has 6 heteroatoms. The van der Waals surface area contributed by atoms with E-state index < -0.39 is 18.0 Å². The van der Waals surface area contributed by atoms with Gasteiger partial charge in [-0.2, -0.15) is 0 Å². The molecule has 1 aromatic carbocycles. The van der Waals surface area contributed by atoms with Crippen molar-refractivity contribution in [3.8, 4) is 0 Å². The van der Waals surface area contributed by atoms with Gasteiger partial charge in [0.1, 0.15) is 0 Å². The van der Waals surface area contributed by atoms with Gasteiger partial charge < -0.3 is 20.8 Å². The lowest BCUT2D eigenvalue weighted by molar-refractivity contribution is -0.136. The molecule has 1 unspecified atom stereocenters. The first-order valence-electron chi connectivity index (χ1n) is 6.02. The van der Waals surface area contributed by atoms with Gasteiger partial charge in [0, 0.05) is 6.54 Å². The number of aliphatic hydroxyl groups is 1. The molecule has 0 saturated carbocycles. The number of urea groups is 1. The molecule has 1 atom stereocenters. The molecule has 0 heterocycles. The van der Waals surface area contributed by atoms with Crippen LogP contribution in [0.2, 0.25) is 0 Å². The lowest BCUT2D eigenvalue weighted by Gasteiger charge is -2.16. The minimum atomic E-state index is -0.969. The Kier molecular flexibility index (Phi) is 6.38. The van der Waals surface area contributed by atoms with E-state index in [-0.39, 0.29) is 19.6 Å². The van der Waals surface area contributed by atoms with Gasteiger partial charge in [-0.1, -0.05) is 30.3 Å². The zero-order chi connectivity index (χ0) is 14.1. The van der Waals surface area contributed by atoms with Crippen molar-refractivity contribution in [1.82, 2.24) is 10.6 Å². The Bertz CT molecular complexity index is 408. The van der Waals surface area contributed by atoms with Crippen LogP contribution in [0.5, 0.6) is 0 Å². The minimum Gasteiger partial charge on any atom is -0.481 e. The monoisotopic (exact) mass is 266 g/mol. The van der Waals surface area contributed by atoms with Crippen molar-refractivity contribution < 1.29 is 19.8 Å². The molecule has 2 amide bonds. The van der Waals surface area contributed by atoms with Crippen LogP contribution in [-0.2, 0) is 11.2 Å². The number of carbonyl (C=O) groups is 2. The Labute approximate surface area is 111 Å². The topological polar surface area (TPSA) is 98.7 Å². The van der Waals surface area contributed by atoms with Crippen LogP contribution >= 0.6 is 0 Å². The van der Waals surface area contributed by atoms with Gasteiger partial charge in [0.25, 0.3) is 0 Å². The first-order valence-corrected chi connectivity index (χ1v) is 6.02. The standard InChI is InChI=1S/C13H18N2O4/c16-9-11(8-10-4-2-1-3-5-10)15-13(19)14-7-6-12(17)18/h1-5,11,16H,6-9H2,(H,17,18)(H2,14,15,19). The number of nitrogens with one attached hydrogen (secondary N) is 2. The van der Waals surface area contributed by atoms with E-state index >= 15 is 0 Å². The van der Waals surface area contributed by atoms with Gasteiger partial charge in [-0.25, -0.2) is 4.79 Å². The number of carboxylic acid groups (broad SMARTS) is 1. The van der Waals surface area contributed by atoms with Crippen molar-refractivity contribution in [3.63, 3.8) is 0 Å².